The minimum atomic E-state index is -0.129. The SMILES string of the molecule is Cc1ccc2nc(C)cc(C(=O)Nc3ccc(Cn4cccn4)cc3)c2c1. The van der Waals surface area contributed by atoms with E-state index in [0.717, 1.165) is 33.4 Å². The van der Waals surface area contributed by atoms with Crippen molar-refractivity contribution in [2.24, 2.45) is 0 Å². The van der Waals surface area contributed by atoms with Crippen LogP contribution < -0.4 is 5.32 Å². The van der Waals surface area contributed by atoms with Gasteiger partial charge in [0.25, 0.3) is 5.91 Å². The second-order valence-corrected chi connectivity index (χ2v) is 6.69. The fourth-order valence-electron chi connectivity index (χ4n) is 3.13. The molecule has 0 spiro atoms. The first kappa shape index (κ1) is 17.0. The molecule has 1 amide bonds. The third-order valence-corrected chi connectivity index (χ3v) is 4.45. The van der Waals surface area contributed by atoms with Gasteiger partial charge in [0.1, 0.15) is 0 Å². The molecule has 1 N–H and O–H groups in total. The quantitative estimate of drug-likeness (QED) is 0.591. The number of nitrogens with one attached hydrogen (secondary N) is 1. The van der Waals surface area contributed by atoms with E-state index in [1.807, 2.05) is 79.3 Å². The van der Waals surface area contributed by atoms with E-state index in [2.05, 4.69) is 15.4 Å². The second-order valence-electron chi connectivity index (χ2n) is 6.69. The lowest BCUT2D eigenvalue weighted by Gasteiger charge is -2.10. The Morgan fingerprint density at radius 3 is 2.63 bits per heavy atom. The molecule has 2 aromatic carbocycles. The lowest BCUT2D eigenvalue weighted by molar-refractivity contribution is 0.102. The highest BCUT2D eigenvalue weighted by Gasteiger charge is 2.12. The van der Waals surface area contributed by atoms with E-state index in [-0.39, 0.29) is 5.91 Å². The van der Waals surface area contributed by atoms with Crippen molar-refractivity contribution in [2.75, 3.05) is 5.32 Å². The average Bonchev–Trinajstić information content (AvgIpc) is 3.16. The number of carbonyl (C=O) groups is 1. The molecule has 0 saturated carbocycles. The molecule has 0 unspecified atom stereocenters. The normalized spacial score (nSPS) is 10.9. The molecule has 5 heteroatoms. The molecule has 4 aromatic rings. The lowest BCUT2D eigenvalue weighted by atomic mass is 10.0. The average molecular weight is 356 g/mol. The van der Waals surface area contributed by atoms with Crippen LogP contribution in [-0.2, 0) is 6.54 Å². The van der Waals surface area contributed by atoms with E-state index >= 15 is 0 Å². The van der Waals surface area contributed by atoms with Crippen molar-refractivity contribution in [1.29, 1.82) is 0 Å². The summed E-state index contributed by atoms with van der Waals surface area (Å²) in [5.41, 5.74) is 5.29. The summed E-state index contributed by atoms with van der Waals surface area (Å²) in [6.45, 7) is 4.62. The standard InChI is InChI=1S/C22H20N4O/c1-15-4-9-21-19(12-15)20(13-16(2)24-21)22(27)25-18-7-5-17(6-8-18)14-26-11-3-10-23-26/h3-13H,14H2,1-2H3,(H,25,27). The Bertz CT molecular complexity index is 1100. The van der Waals surface area contributed by atoms with Gasteiger partial charge < -0.3 is 5.32 Å². The Labute approximate surface area is 157 Å². The van der Waals surface area contributed by atoms with Crippen molar-refractivity contribution < 1.29 is 4.79 Å². The number of fused-ring (bicyclic) bond motifs is 1. The summed E-state index contributed by atoms with van der Waals surface area (Å²) in [5.74, 6) is -0.129. The van der Waals surface area contributed by atoms with Gasteiger partial charge in [0.15, 0.2) is 0 Å². The lowest BCUT2D eigenvalue weighted by Crippen LogP contribution is -2.13. The van der Waals surface area contributed by atoms with Gasteiger partial charge in [0.05, 0.1) is 17.6 Å². The van der Waals surface area contributed by atoms with Crippen LogP contribution >= 0.6 is 0 Å². The number of aryl methyl sites for hydroxylation is 2. The van der Waals surface area contributed by atoms with Gasteiger partial charge in [-0.15, -0.1) is 0 Å². The van der Waals surface area contributed by atoms with Gasteiger partial charge in [-0.1, -0.05) is 23.8 Å². The Kier molecular flexibility index (Phi) is 4.42. The highest BCUT2D eigenvalue weighted by atomic mass is 16.1. The number of anilines is 1. The third-order valence-electron chi connectivity index (χ3n) is 4.45. The highest BCUT2D eigenvalue weighted by Crippen LogP contribution is 2.21. The molecular weight excluding hydrogens is 336 g/mol. The number of nitrogens with zero attached hydrogens (tertiary/aromatic N) is 3. The zero-order valence-corrected chi connectivity index (χ0v) is 15.3. The van der Waals surface area contributed by atoms with Crippen molar-refractivity contribution in [3.63, 3.8) is 0 Å². The monoisotopic (exact) mass is 356 g/mol. The van der Waals surface area contributed by atoms with Crippen molar-refractivity contribution in [3.8, 4) is 0 Å². The molecule has 0 bridgehead atoms. The Morgan fingerprint density at radius 1 is 1.07 bits per heavy atom. The van der Waals surface area contributed by atoms with Crippen molar-refractivity contribution >= 4 is 22.5 Å². The first-order valence-corrected chi connectivity index (χ1v) is 8.84. The van der Waals surface area contributed by atoms with Crippen molar-refractivity contribution in [3.05, 3.63) is 89.4 Å². The van der Waals surface area contributed by atoms with Crippen LogP contribution in [-0.4, -0.2) is 20.7 Å². The molecule has 134 valence electrons. The predicted octanol–water partition coefficient (Wildman–Crippen LogP) is 4.35. The van der Waals surface area contributed by atoms with Gasteiger partial charge >= 0.3 is 0 Å². The number of hydrogen-bond acceptors (Lipinski definition) is 3. The smallest absolute Gasteiger partial charge is 0.256 e. The van der Waals surface area contributed by atoms with Gasteiger partial charge in [0.2, 0.25) is 0 Å². The van der Waals surface area contributed by atoms with Gasteiger partial charge in [-0.25, -0.2) is 0 Å². The van der Waals surface area contributed by atoms with Crippen LogP contribution in [0, 0.1) is 13.8 Å². The maximum absolute atomic E-state index is 12.9. The van der Waals surface area contributed by atoms with Crippen LogP contribution in [0.3, 0.4) is 0 Å². The molecule has 4 rings (SSSR count). The summed E-state index contributed by atoms with van der Waals surface area (Å²) >= 11 is 0. The molecule has 2 aromatic heterocycles. The van der Waals surface area contributed by atoms with Gasteiger partial charge in [-0.3, -0.25) is 14.5 Å². The molecule has 27 heavy (non-hydrogen) atoms. The van der Waals surface area contributed by atoms with Gasteiger partial charge in [-0.2, -0.15) is 5.10 Å². The highest BCUT2D eigenvalue weighted by molar-refractivity contribution is 6.12. The molecule has 0 aliphatic heterocycles. The molecule has 5 nitrogen and oxygen atoms in total. The molecule has 0 aliphatic carbocycles. The third kappa shape index (κ3) is 3.72. The maximum Gasteiger partial charge on any atom is 0.256 e. The zero-order chi connectivity index (χ0) is 18.8. The van der Waals surface area contributed by atoms with Crippen LogP contribution in [0.15, 0.2) is 67.0 Å². The molecular formula is C22H20N4O. The fraction of sp³-hybridized carbons (Fsp3) is 0.136. The number of rotatable bonds is 4. The Morgan fingerprint density at radius 2 is 1.89 bits per heavy atom. The number of pyridine rings is 1. The van der Waals surface area contributed by atoms with E-state index in [9.17, 15) is 4.79 Å². The topological polar surface area (TPSA) is 59.8 Å². The minimum absolute atomic E-state index is 0.129. The van der Waals surface area contributed by atoms with Crippen LogP contribution in [0.25, 0.3) is 10.9 Å². The van der Waals surface area contributed by atoms with Crippen LogP contribution in [0.1, 0.15) is 27.2 Å². The zero-order valence-electron chi connectivity index (χ0n) is 15.3. The van der Waals surface area contributed by atoms with Gasteiger partial charge in [-0.05, 0) is 55.8 Å². The summed E-state index contributed by atoms with van der Waals surface area (Å²) in [6.07, 6.45) is 3.69. The summed E-state index contributed by atoms with van der Waals surface area (Å²) in [7, 11) is 0. The number of aromatic nitrogens is 3. The molecule has 0 fully saturated rings. The van der Waals surface area contributed by atoms with Crippen molar-refractivity contribution in [2.45, 2.75) is 20.4 Å². The number of carbonyl (C=O) groups excluding carboxylic acids is 1. The first-order valence-electron chi connectivity index (χ1n) is 8.84. The number of benzene rings is 2. The summed E-state index contributed by atoms with van der Waals surface area (Å²) in [4.78, 5) is 17.4. The number of amides is 1. The molecule has 0 aliphatic rings. The molecule has 0 saturated heterocycles. The second kappa shape index (κ2) is 7.03. The van der Waals surface area contributed by atoms with E-state index < -0.39 is 0 Å². The largest absolute Gasteiger partial charge is 0.322 e. The predicted molar refractivity (Wildman–Crippen MR) is 107 cm³/mol. The summed E-state index contributed by atoms with van der Waals surface area (Å²) < 4.78 is 1.86. The van der Waals surface area contributed by atoms with Gasteiger partial charge in [0, 0.05) is 29.2 Å². The molecule has 0 atom stereocenters. The Hall–Kier alpha value is -3.47. The first-order chi connectivity index (χ1) is 13.1. The fourth-order valence-corrected chi connectivity index (χ4v) is 3.13. The van der Waals surface area contributed by atoms with E-state index in [1.54, 1.807) is 6.20 Å². The van der Waals surface area contributed by atoms with Crippen LogP contribution in [0.5, 0.6) is 0 Å². The maximum atomic E-state index is 12.9. The van der Waals surface area contributed by atoms with Crippen molar-refractivity contribution in [1.82, 2.24) is 14.8 Å². The summed E-state index contributed by atoms with van der Waals surface area (Å²) in [5, 5.41) is 8.07. The molecule has 2 heterocycles. The summed E-state index contributed by atoms with van der Waals surface area (Å²) in [6, 6.07) is 17.5. The van der Waals surface area contributed by atoms with E-state index in [0.29, 0.717) is 12.1 Å². The van der Waals surface area contributed by atoms with E-state index in [1.165, 1.54) is 0 Å². The number of hydrogen-bond donors (Lipinski definition) is 1. The van der Waals surface area contributed by atoms with Crippen LogP contribution in [0.4, 0.5) is 5.69 Å². The van der Waals surface area contributed by atoms with E-state index in [4.69, 9.17) is 0 Å². The Balaban J connectivity index is 1.57. The van der Waals surface area contributed by atoms with Crippen LogP contribution in [0.2, 0.25) is 0 Å². The molecule has 0 radical (unpaired) electrons. The minimum Gasteiger partial charge on any atom is -0.322 e.